The molecule has 0 bridgehead atoms. The van der Waals surface area contributed by atoms with Gasteiger partial charge in [-0.2, -0.15) is 4.98 Å². The van der Waals surface area contributed by atoms with Gasteiger partial charge < -0.3 is 9.84 Å². The van der Waals surface area contributed by atoms with Gasteiger partial charge >= 0.3 is 0 Å². The molecule has 0 atom stereocenters. The van der Waals surface area contributed by atoms with E-state index >= 15 is 0 Å². The van der Waals surface area contributed by atoms with E-state index in [4.69, 9.17) is 4.74 Å². The number of aromatic hydroxyl groups is 1. The number of nitrogens with zero attached hydrogens (tertiary/aromatic N) is 2. The third-order valence-electron chi connectivity index (χ3n) is 2.00. The summed E-state index contributed by atoms with van der Waals surface area (Å²) in [5.74, 6) is 0.636. The largest absolute Gasteiger partial charge is 0.493 e. The topological polar surface area (TPSA) is 55.2 Å². The highest BCUT2D eigenvalue weighted by Crippen LogP contribution is 2.21. The molecule has 0 aromatic carbocycles. The van der Waals surface area contributed by atoms with Gasteiger partial charge in [0, 0.05) is 11.5 Å². The minimum Gasteiger partial charge on any atom is -0.493 e. The molecule has 0 unspecified atom stereocenters. The number of ether oxygens (including phenoxy) is 1. The van der Waals surface area contributed by atoms with Crippen molar-refractivity contribution in [1.29, 1.82) is 0 Å². The highest BCUT2D eigenvalue weighted by Gasteiger charge is 2.19. The fourth-order valence-corrected chi connectivity index (χ4v) is 1.14. The second kappa shape index (κ2) is 4.78. The molecule has 0 spiro atoms. The predicted molar refractivity (Wildman–Crippen MR) is 62.3 cm³/mol. The second-order valence-electron chi connectivity index (χ2n) is 5.15. The molecule has 1 N–H and O–H groups in total. The smallest absolute Gasteiger partial charge is 0.214 e. The summed E-state index contributed by atoms with van der Waals surface area (Å²) in [6.45, 7) is 10.4. The average molecular weight is 224 g/mol. The molecule has 90 valence electrons. The van der Waals surface area contributed by atoms with Crippen LogP contribution >= 0.6 is 0 Å². The number of aromatic nitrogens is 2. The summed E-state index contributed by atoms with van der Waals surface area (Å²) in [5, 5.41) is 9.52. The van der Waals surface area contributed by atoms with Crippen LogP contribution in [-0.2, 0) is 16.8 Å². The minimum atomic E-state index is -0.175. The van der Waals surface area contributed by atoms with Crippen LogP contribution in [0.3, 0.4) is 0 Å². The van der Waals surface area contributed by atoms with Crippen molar-refractivity contribution in [2.24, 2.45) is 0 Å². The van der Waals surface area contributed by atoms with Crippen molar-refractivity contribution >= 4 is 0 Å². The Balaban J connectivity index is 2.90. The van der Waals surface area contributed by atoms with Gasteiger partial charge in [-0.3, -0.25) is 0 Å². The van der Waals surface area contributed by atoms with E-state index in [9.17, 15) is 5.11 Å². The zero-order chi connectivity index (χ0) is 12.3. The van der Waals surface area contributed by atoms with Crippen LogP contribution in [-0.4, -0.2) is 21.2 Å². The average Bonchev–Trinajstić information content (AvgIpc) is 2.12. The van der Waals surface area contributed by atoms with Crippen LogP contribution in [0.25, 0.3) is 0 Å². The lowest BCUT2D eigenvalue weighted by Gasteiger charge is -2.17. The quantitative estimate of drug-likeness (QED) is 0.856. The highest BCUT2D eigenvalue weighted by atomic mass is 16.5. The molecule has 4 nitrogen and oxygen atoms in total. The first-order valence-electron chi connectivity index (χ1n) is 5.48. The van der Waals surface area contributed by atoms with Crippen molar-refractivity contribution in [3.05, 3.63) is 17.6 Å². The second-order valence-corrected chi connectivity index (χ2v) is 5.15. The first-order chi connectivity index (χ1) is 7.29. The summed E-state index contributed by atoms with van der Waals surface area (Å²) < 4.78 is 5.45. The SMILES string of the molecule is CC(C)OCc1cc(O)nc(C(C)(C)C)n1. The lowest BCUT2D eigenvalue weighted by molar-refractivity contribution is 0.0631. The van der Waals surface area contributed by atoms with Gasteiger partial charge in [0.2, 0.25) is 5.88 Å². The highest BCUT2D eigenvalue weighted by molar-refractivity contribution is 5.17. The maximum Gasteiger partial charge on any atom is 0.214 e. The summed E-state index contributed by atoms with van der Waals surface area (Å²) >= 11 is 0. The maximum atomic E-state index is 9.52. The molecule has 16 heavy (non-hydrogen) atoms. The minimum absolute atomic E-state index is 0.00211. The maximum absolute atomic E-state index is 9.52. The van der Waals surface area contributed by atoms with Gasteiger partial charge in [-0.1, -0.05) is 20.8 Å². The molecule has 0 amide bonds. The summed E-state index contributed by atoms with van der Waals surface area (Å²) in [6, 6.07) is 1.54. The molecule has 1 aromatic rings. The fraction of sp³-hybridized carbons (Fsp3) is 0.667. The van der Waals surface area contributed by atoms with Gasteiger partial charge in [0.15, 0.2) is 0 Å². The summed E-state index contributed by atoms with van der Waals surface area (Å²) in [4.78, 5) is 8.40. The third-order valence-corrected chi connectivity index (χ3v) is 2.00. The normalized spacial score (nSPS) is 12.1. The van der Waals surface area contributed by atoms with Crippen LogP contribution in [0.2, 0.25) is 0 Å². The Labute approximate surface area is 96.7 Å². The van der Waals surface area contributed by atoms with Gasteiger partial charge in [-0.05, 0) is 13.8 Å². The van der Waals surface area contributed by atoms with Crippen molar-refractivity contribution in [3.63, 3.8) is 0 Å². The van der Waals surface area contributed by atoms with Gasteiger partial charge in [-0.25, -0.2) is 4.98 Å². The van der Waals surface area contributed by atoms with E-state index in [0.29, 0.717) is 18.1 Å². The van der Waals surface area contributed by atoms with E-state index in [0.717, 1.165) is 0 Å². The van der Waals surface area contributed by atoms with E-state index in [2.05, 4.69) is 9.97 Å². The summed E-state index contributed by atoms with van der Waals surface area (Å²) in [6.07, 6.45) is 0.148. The van der Waals surface area contributed by atoms with Crippen molar-refractivity contribution in [2.75, 3.05) is 0 Å². The Morgan fingerprint density at radius 1 is 1.31 bits per heavy atom. The number of hydrogen-bond donors (Lipinski definition) is 1. The molecule has 0 aliphatic rings. The Kier molecular flexibility index (Phi) is 3.86. The lowest BCUT2D eigenvalue weighted by Crippen LogP contribution is -2.17. The number of hydrogen-bond acceptors (Lipinski definition) is 4. The van der Waals surface area contributed by atoms with Gasteiger partial charge in [0.05, 0.1) is 18.4 Å². The molecule has 4 heteroatoms. The van der Waals surface area contributed by atoms with E-state index in [-0.39, 0.29) is 17.4 Å². The summed E-state index contributed by atoms with van der Waals surface area (Å²) in [7, 11) is 0. The molecule has 0 aliphatic heterocycles. The van der Waals surface area contributed by atoms with Gasteiger partial charge in [0.1, 0.15) is 5.82 Å². The monoisotopic (exact) mass is 224 g/mol. The van der Waals surface area contributed by atoms with Crippen LogP contribution in [0, 0.1) is 0 Å². The third kappa shape index (κ3) is 3.77. The van der Waals surface area contributed by atoms with Crippen molar-refractivity contribution in [1.82, 2.24) is 9.97 Å². The van der Waals surface area contributed by atoms with Crippen LogP contribution in [0.4, 0.5) is 0 Å². The van der Waals surface area contributed by atoms with Crippen LogP contribution in [0.5, 0.6) is 5.88 Å². The molecule has 0 radical (unpaired) electrons. The number of rotatable bonds is 3. The Morgan fingerprint density at radius 3 is 2.44 bits per heavy atom. The van der Waals surface area contributed by atoms with E-state index in [1.807, 2.05) is 34.6 Å². The fourth-order valence-electron chi connectivity index (χ4n) is 1.14. The van der Waals surface area contributed by atoms with Gasteiger partial charge in [-0.15, -0.1) is 0 Å². The van der Waals surface area contributed by atoms with Crippen molar-refractivity contribution in [2.45, 2.75) is 52.7 Å². The van der Waals surface area contributed by atoms with Crippen molar-refractivity contribution < 1.29 is 9.84 Å². The molecule has 1 aromatic heterocycles. The molecule has 0 fully saturated rings. The van der Waals surface area contributed by atoms with Crippen molar-refractivity contribution in [3.8, 4) is 5.88 Å². The van der Waals surface area contributed by atoms with E-state index in [1.54, 1.807) is 0 Å². The molecule has 0 aliphatic carbocycles. The Morgan fingerprint density at radius 2 is 1.94 bits per heavy atom. The molecule has 1 rings (SSSR count). The molecule has 0 saturated carbocycles. The molecular formula is C12H20N2O2. The zero-order valence-corrected chi connectivity index (χ0v) is 10.6. The van der Waals surface area contributed by atoms with Gasteiger partial charge in [0.25, 0.3) is 0 Å². The first kappa shape index (κ1) is 12.9. The van der Waals surface area contributed by atoms with Crippen LogP contribution in [0.1, 0.15) is 46.1 Å². The van der Waals surface area contributed by atoms with Crippen LogP contribution < -0.4 is 0 Å². The standard InChI is InChI=1S/C12H20N2O2/c1-8(2)16-7-9-6-10(15)14-11(13-9)12(3,4)5/h6,8H,7H2,1-5H3,(H,13,14,15). The van der Waals surface area contributed by atoms with E-state index < -0.39 is 0 Å². The first-order valence-corrected chi connectivity index (χ1v) is 5.48. The predicted octanol–water partition coefficient (Wildman–Crippen LogP) is 2.40. The zero-order valence-electron chi connectivity index (χ0n) is 10.6. The molecule has 0 saturated heterocycles. The lowest BCUT2D eigenvalue weighted by atomic mass is 9.95. The molecule has 1 heterocycles. The van der Waals surface area contributed by atoms with E-state index in [1.165, 1.54) is 6.07 Å². The summed E-state index contributed by atoms with van der Waals surface area (Å²) in [5.41, 5.74) is 0.539. The Bertz CT molecular complexity index is 357. The van der Waals surface area contributed by atoms with Crippen LogP contribution in [0.15, 0.2) is 6.07 Å². The molecular weight excluding hydrogens is 204 g/mol. The Hall–Kier alpha value is -1.16.